The van der Waals surface area contributed by atoms with Crippen molar-refractivity contribution in [3.63, 3.8) is 0 Å². The first-order valence-corrected chi connectivity index (χ1v) is 18.8. The topological polar surface area (TPSA) is 4.93 Å². The highest BCUT2D eigenvalue weighted by atomic mass is 15.0. The molecule has 1 aliphatic rings. The van der Waals surface area contributed by atoms with E-state index in [-0.39, 0.29) is 5.92 Å². The Labute approximate surface area is 315 Å². The van der Waals surface area contributed by atoms with Gasteiger partial charge in [0.1, 0.15) is 0 Å². The van der Waals surface area contributed by atoms with Crippen molar-refractivity contribution < 1.29 is 0 Å². The predicted octanol–water partition coefficient (Wildman–Crippen LogP) is 14.1. The van der Waals surface area contributed by atoms with Crippen molar-refractivity contribution in [3.8, 4) is 50.2 Å². The van der Waals surface area contributed by atoms with E-state index >= 15 is 0 Å². The number of benzene rings is 9. The maximum Gasteiger partial charge on any atom is 0.0589 e. The molecule has 0 bridgehead atoms. The molecule has 0 spiro atoms. The number of nitrogens with zero attached hydrogens (tertiary/aromatic N) is 1. The van der Waals surface area contributed by atoms with Crippen LogP contribution >= 0.6 is 0 Å². The molecule has 0 fully saturated rings. The third kappa shape index (κ3) is 4.79. The molecule has 1 aromatic heterocycles. The van der Waals surface area contributed by atoms with Gasteiger partial charge in [-0.05, 0) is 108 Å². The predicted molar refractivity (Wildman–Crippen MR) is 227 cm³/mol. The summed E-state index contributed by atoms with van der Waals surface area (Å²) in [5, 5.41) is 5.16. The molecule has 0 saturated carbocycles. The molecule has 0 aliphatic heterocycles. The van der Waals surface area contributed by atoms with Gasteiger partial charge in [-0.3, -0.25) is 0 Å². The van der Waals surface area contributed by atoms with Crippen molar-refractivity contribution in [1.82, 2.24) is 4.57 Å². The minimum atomic E-state index is 0.0857. The van der Waals surface area contributed by atoms with Crippen LogP contribution in [-0.4, -0.2) is 4.57 Å². The van der Waals surface area contributed by atoms with Crippen LogP contribution in [-0.2, 0) is 0 Å². The lowest BCUT2D eigenvalue weighted by Gasteiger charge is -2.18. The molecule has 1 heterocycles. The van der Waals surface area contributed by atoms with Gasteiger partial charge in [0.2, 0.25) is 0 Å². The second kappa shape index (κ2) is 12.3. The number of hydrogen-bond donors (Lipinski definition) is 0. The first kappa shape index (κ1) is 30.6. The molecular weight excluding hydrogens is 651 g/mol. The van der Waals surface area contributed by atoms with Crippen LogP contribution in [0, 0.1) is 0 Å². The van der Waals surface area contributed by atoms with Crippen LogP contribution in [0.5, 0.6) is 0 Å². The molecule has 1 nitrogen and oxygen atoms in total. The Bertz CT molecular complexity index is 2950. The Morgan fingerprint density at radius 1 is 0.370 bits per heavy atom. The summed E-state index contributed by atoms with van der Waals surface area (Å²) < 4.78 is 2.52. The smallest absolute Gasteiger partial charge is 0.0589 e. The highest BCUT2D eigenvalue weighted by Gasteiger charge is 2.34. The fraction of sp³-hybridized carbons (Fsp3) is 0.0189. The summed E-state index contributed by atoms with van der Waals surface area (Å²) in [6.07, 6.45) is 0. The van der Waals surface area contributed by atoms with E-state index in [9.17, 15) is 0 Å². The summed E-state index contributed by atoms with van der Waals surface area (Å²) >= 11 is 0. The van der Waals surface area contributed by atoms with E-state index < -0.39 is 0 Å². The van der Waals surface area contributed by atoms with Crippen molar-refractivity contribution in [3.05, 3.63) is 223 Å². The lowest BCUT2D eigenvalue weighted by molar-refractivity contribution is 1.01. The zero-order valence-electron chi connectivity index (χ0n) is 29.7. The van der Waals surface area contributed by atoms with Gasteiger partial charge < -0.3 is 4.57 Å². The normalized spacial score (nSPS) is 13.4. The maximum absolute atomic E-state index is 2.52. The Morgan fingerprint density at radius 3 is 1.63 bits per heavy atom. The van der Waals surface area contributed by atoms with E-state index in [1.54, 1.807) is 0 Å². The van der Waals surface area contributed by atoms with Crippen LogP contribution < -0.4 is 0 Å². The Balaban J connectivity index is 1.13. The second-order valence-electron chi connectivity index (χ2n) is 14.4. The third-order valence-corrected chi connectivity index (χ3v) is 11.4. The average Bonchev–Trinajstić information content (AvgIpc) is 3.78. The van der Waals surface area contributed by atoms with E-state index in [0.29, 0.717) is 0 Å². The summed E-state index contributed by atoms with van der Waals surface area (Å²) in [6.45, 7) is 0. The molecule has 54 heavy (non-hydrogen) atoms. The van der Waals surface area contributed by atoms with Gasteiger partial charge in [-0.1, -0.05) is 170 Å². The SMILES string of the molecule is c1ccc(-c2cc(-c3ccccc3)cc(-c3ccc(C4c5ccccc5-c5ccc6c7c8ccccc8ccc7n(-c7ccccc7)c6c54)cc3)c2)cc1. The molecular formula is C53H35N. The maximum atomic E-state index is 2.52. The third-order valence-electron chi connectivity index (χ3n) is 11.4. The molecule has 1 heteroatoms. The molecule has 11 rings (SSSR count). The minimum absolute atomic E-state index is 0.0857. The van der Waals surface area contributed by atoms with Gasteiger partial charge in [0.25, 0.3) is 0 Å². The monoisotopic (exact) mass is 685 g/mol. The van der Waals surface area contributed by atoms with Gasteiger partial charge in [0, 0.05) is 22.4 Å². The number of para-hydroxylation sites is 1. The molecule has 252 valence electrons. The number of aromatic nitrogens is 1. The number of fused-ring (bicyclic) bond motifs is 9. The van der Waals surface area contributed by atoms with Crippen LogP contribution in [0.15, 0.2) is 206 Å². The summed E-state index contributed by atoms with van der Waals surface area (Å²) in [4.78, 5) is 0. The van der Waals surface area contributed by atoms with E-state index in [1.807, 2.05) is 0 Å². The average molecular weight is 686 g/mol. The van der Waals surface area contributed by atoms with Gasteiger partial charge in [0.15, 0.2) is 0 Å². The molecule has 0 amide bonds. The van der Waals surface area contributed by atoms with Crippen molar-refractivity contribution >= 4 is 32.6 Å². The number of rotatable bonds is 5. The van der Waals surface area contributed by atoms with Crippen LogP contribution in [0.4, 0.5) is 0 Å². The Kier molecular flexibility index (Phi) is 7.00. The van der Waals surface area contributed by atoms with E-state index in [1.165, 1.54) is 99.5 Å². The summed E-state index contributed by atoms with van der Waals surface area (Å²) in [5.74, 6) is 0.0857. The van der Waals surface area contributed by atoms with Crippen molar-refractivity contribution in [2.45, 2.75) is 5.92 Å². The molecule has 9 aromatic carbocycles. The molecule has 1 unspecified atom stereocenters. The Morgan fingerprint density at radius 2 is 0.944 bits per heavy atom. The lowest BCUT2D eigenvalue weighted by Crippen LogP contribution is -2.03. The largest absolute Gasteiger partial charge is 0.309 e. The molecule has 0 N–H and O–H groups in total. The van der Waals surface area contributed by atoms with Gasteiger partial charge in [-0.2, -0.15) is 0 Å². The quantitative estimate of drug-likeness (QED) is 0.170. The van der Waals surface area contributed by atoms with Crippen LogP contribution in [0.25, 0.3) is 82.8 Å². The highest BCUT2D eigenvalue weighted by Crippen LogP contribution is 2.53. The van der Waals surface area contributed by atoms with Crippen molar-refractivity contribution in [2.75, 3.05) is 0 Å². The van der Waals surface area contributed by atoms with Crippen LogP contribution in [0.2, 0.25) is 0 Å². The van der Waals surface area contributed by atoms with Crippen molar-refractivity contribution in [1.29, 1.82) is 0 Å². The van der Waals surface area contributed by atoms with E-state index in [0.717, 1.165) is 0 Å². The van der Waals surface area contributed by atoms with Gasteiger partial charge >= 0.3 is 0 Å². The first-order chi connectivity index (χ1) is 26.8. The van der Waals surface area contributed by atoms with Gasteiger partial charge in [-0.25, -0.2) is 0 Å². The first-order valence-electron chi connectivity index (χ1n) is 18.8. The fourth-order valence-corrected chi connectivity index (χ4v) is 9.03. The zero-order chi connectivity index (χ0) is 35.6. The van der Waals surface area contributed by atoms with Gasteiger partial charge in [-0.15, -0.1) is 0 Å². The summed E-state index contributed by atoms with van der Waals surface area (Å²) in [6, 6.07) is 75.9. The minimum Gasteiger partial charge on any atom is -0.309 e. The molecule has 10 aromatic rings. The van der Waals surface area contributed by atoms with Crippen LogP contribution in [0.3, 0.4) is 0 Å². The van der Waals surface area contributed by atoms with E-state index in [2.05, 4.69) is 211 Å². The molecule has 0 saturated heterocycles. The second-order valence-corrected chi connectivity index (χ2v) is 14.4. The summed E-state index contributed by atoms with van der Waals surface area (Å²) in [7, 11) is 0. The molecule has 1 aliphatic carbocycles. The fourth-order valence-electron chi connectivity index (χ4n) is 9.03. The number of hydrogen-bond acceptors (Lipinski definition) is 0. The van der Waals surface area contributed by atoms with Gasteiger partial charge in [0.05, 0.1) is 11.0 Å². The zero-order valence-corrected chi connectivity index (χ0v) is 29.7. The van der Waals surface area contributed by atoms with E-state index in [4.69, 9.17) is 0 Å². The van der Waals surface area contributed by atoms with Crippen molar-refractivity contribution in [2.24, 2.45) is 0 Å². The Hall–Kier alpha value is -6.96. The summed E-state index contributed by atoms with van der Waals surface area (Å²) in [5.41, 5.74) is 17.7. The standard InChI is InChI=1S/C53H35N/c1-4-14-35(15-5-1)40-32-41(36-16-6-2-7-17-36)34-42(33-40)37-24-26-39(27-25-37)50-46-23-13-12-22-45(46)47-29-30-48-51-44-21-11-10-18-38(44)28-31-49(51)54(53(48)52(47)50)43-19-8-3-9-20-43/h1-34,50H. The lowest BCUT2D eigenvalue weighted by atomic mass is 9.86. The molecule has 0 radical (unpaired) electrons. The van der Waals surface area contributed by atoms with Crippen LogP contribution in [0.1, 0.15) is 22.6 Å². The highest BCUT2D eigenvalue weighted by molar-refractivity contribution is 6.23. The molecule has 1 atom stereocenters.